The number of hydrogen-bond donors (Lipinski definition) is 3. The van der Waals surface area contributed by atoms with Crippen molar-refractivity contribution in [2.24, 2.45) is 11.8 Å². The van der Waals surface area contributed by atoms with Crippen molar-refractivity contribution in [3.05, 3.63) is 24.3 Å². The lowest BCUT2D eigenvalue weighted by Gasteiger charge is -2.20. The Hall–Kier alpha value is -2.37. The van der Waals surface area contributed by atoms with Gasteiger partial charge in [0, 0.05) is 23.8 Å². The highest BCUT2D eigenvalue weighted by Gasteiger charge is 2.48. The number of carbonyl (C=O) groups excluding carboxylic acids is 3. The van der Waals surface area contributed by atoms with Gasteiger partial charge in [-0.1, -0.05) is 6.07 Å². The lowest BCUT2D eigenvalue weighted by molar-refractivity contribution is -0.126. The maximum Gasteiger partial charge on any atom is 0.228 e. The summed E-state index contributed by atoms with van der Waals surface area (Å²) in [6.45, 7) is 7.16. The molecule has 0 heterocycles. The molecule has 1 aliphatic rings. The highest BCUT2D eigenvalue weighted by molar-refractivity contribution is 6.00. The van der Waals surface area contributed by atoms with Crippen LogP contribution in [0.4, 0.5) is 11.4 Å². The molecule has 2 unspecified atom stereocenters. The van der Waals surface area contributed by atoms with E-state index in [0.717, 1.165) is 0 Å². The maximum atomic E-state index is 12.2. The summed E-state index contributed by atoms with van der Waals surface area (Å²) < 4.78 is 0. The van der Waals surface area contributed by atoms with Crippen LogP contribution < -0.4 is 16.0 Å². The summed E-state index contributed by atoms with van der Waals surface area (Å²) in [5, 5.41) is 8.35. The van der Waals surface area contributed by atoms with Crippen LogP contribution in [0, 0.1) is 11.8 Å². The van der Waals surface area contributed by atoms with Crippen LogP contribution in [0.5, 0.6) is 0 Å². The molecule has 1 aromatic rings. The summed E-state index contributed by atoms with van der Waals surface area (Å²) in [6, 6.07) is 6.92. The van der Waals surface area contributed by atoms with Gasteiger partial charge in [-0.15, -0.1) is 0 Å². The lowest BCUT2D eigenvalue weighted by Crippen LogP contribution is -2.42. The van der Waals surface area contributed by atoms with Crippen molar-refractivity contribution in [3.63, 3.8) is 0 Å². The third kappa shape index (κ3) is 5.09. The Morgan fingerprint density at radius 1 is 1.00 bits per heavy atom. The van der Waals surface area contributed by atoms with E-state index < -0.39 is 0 Å². The quantitative estimate of drug-likeness (QED) is 0.795. The first-order valence-electron chi connectivity index (χ1n) is 7.66. The van der Waals surface area contributed by atoms with Gasteiger partial charge in [-0.2, -0.15) is 0 Å². The second-order valence-corrected chi connectivity index (χ2v) is 6.94. The first kappa shape index (κ1) is 17.0. The first-order valence-corrected chi connectivity index (χ1v) is 7.66. The number of benzene rings is 1. The molecule has 0 saturated heterocycles. The van der Waals surface area contributed by atoms with Crippen LogP contribution in [0.3, 0.4) is 0 Å². The molecule has 2 rings (SSSR count). The Labute approximate surface area is 136 Å². The van der Waals surface area contributed by atoms with Crippen molar-refractivity contribution in [3.8, 4) is 0 Å². The zero-order chi connectivity index (χ0) is 17.2. The zero-order valence-corrected chi connectivity index (χ0v) is 13.9. The van der Waals surface area contributed by atoms with Crippen molar-refractivity contribution in [1.29, 1.82) is 0 Å². The predicted molar refractivity (Wildman–Crippen MR) is 88.9 cm³/mol. The molecular weight excluding hydrogens is 294 g/mol. The summed E-state index contributed by atoms with van der Waals surface area (Å²) in [7, 11) is 0. The fourth-order valence-electron chi connectivity index (χ4n) is 2.35. The summed E-state index contributed by atoms with van der Waals surface area (Å²) in [6.07, 6.45) is 0.569. The molecule has 6 nitrogen and oxygen atoms in total. The van der Waals surface area contributed by atoms with E-state index in [1.54, 1.807) is 24.3 Å². The number of anilines is 2. The average Bonchev–Trinajstić information content (AvgIpc) is 3.16. The Morgan fingerprint density at radius 2 is 1.57 bits per heavy atom. The molecule has 23 heavy (non-hydrogen) atoms. The normalized spacial score (nSPS) is 19.7. The van der Waals surface area contributed by atoms with Gasteiger partial charge >= 0.3 is 0 Å². The van der Waals surface area contributed by atoms with Gasteiger partial charge < -0.3 is 16.0 Å². The van der Waals surface area contributed by atoms with Crippen LogP contribution in [0.1, 0.15) is 34.1 Å². The minimum Gasteiger partial charge on any atom is -0.351 e. The average molecular weight is 317 g/mol. The minimum absolute atomic E-state index is 0.0790. The molecule has 0 spiro atoms. The topological polar surface area (TPSA) is 87.3 Å². The summed E-state index contributed by atoms with van der Waals surface area (Å²) in [4.78, 5) is 35.3. The van der Waals surface area contributed by atoms with Crippen LogP contribution >= 0.6 is 0 Å². The van der Waals surface area contributed by atoms with Crippen molar-refractivity contribution in [2.75, 3.05) is 10.6 Å². The number of amides is 3. The summed E-state index contributed by atoms with van der Waals surface area (Å²) >= 11 is 0. The predicted octanol–water partition coefficient (Wildman–Crippen LogP) is 2.13. The Kier molecular flexibility index (Phi) is 4.73. The fourth-order valence-corrected chi connectivity index (χ4v) is 2.35. The molecule has 0 aliphatic heterocycles. The van der Waals surface area contributed by atoms with Crippen LogP contribution in [-0.4, -0.2) is 23.3 Å². The minimum atomic E-state index is -0.298. The van der Waals surface area contributed by atoms with E-state index in [1.165, 1.54) is 6.92 Å². The molecule has 3 N–H and O–H groups in total. The van der Waals surface area contributed by atoms with Crippen LogP contribution in [-0.2, 0) is 14.4 Å². The number of hydrogen-bond acceptors (Lipinski definition) is 3. The van der Waals surface area contributed by atoms with Gasteiger partial charge in [0.25, 0.3) is 0 Å². The highest BCUT2D eigenvalue weighted by atomic mass is 16.2. The van der Waals surface area contributed by atoms with Gasteiger partial charge in [0.05, 0.1) is 11.8 Å². The molecular formula is C17H23N3O3. The molecule has 1 aromatic carbocycles. The van der Waals surface area contributed by atoms with Gasteiger partial charge in [0.2, 0.25) is 17.7 Å². The lowest BCUT2D eigenvalue weighted by atomic mass is 10.1. The van der Waals surface area contributed by atoms with Crippen molar-refractivity contribution in [2.45, 2.75) is 39.7 Å². The van der Waals surface area contributed by atoms with Gasteiger partial charge in [-0.25, -0.2) is 0 Å². The summed E-state index contributed by atoms with van der Waals surface area (Å²) in [5.74, 6) is -0.965. The molecule has 1 aliphatic carbocycles. The van der Waals surface area contributed by atoms with Crippen LogP contribution in [0.2, 0.25) is 0 Å². The largest absolute Gasteiger partial charge is 0.351 e. The summed E-state index contributed by atoms with van der Waals surface area (Å²) in [5.41, 5.74) is 0.921. The van der Waals surface area contributed by atoms with Gasteiger partial charge in [-0.3, -0.25) is 14.4 Å². The van der Waals surface area contributed by atoms with Gasteiger partial charge in [0.1, 0.15) is 0 Å². The number of nitrogens with one attached hydrogen (secondary N) is 3. The van der Waals surface area contributed by atoms with E-state index in [0.29, 0.717) is 17.8 Å². The second kappa shape index (κ2) is 6.40. The molecule has 1 saturated carbocycles. The van der Waals surface area contributed by atoms with Crippen LogP contribution in [0.25, 0.3) is 0 Å². The van der Waals surface area contributed by atoms with Crippen molar-refractivity contribution in [1.82, 2.24) is 5.32 Å². The van der Waals surface area contributed by atoms with E-state index in [-0.39, 0.29) is 35.1 Å². The standard InChI is InChI=1S/C17H23N3O3/c1-10(21)18-11-6-5-7-12(8-11)19-15(22)13-9-14(13)16(23)20-17(2,3)4/h5-8,13-14H,9H2,1-4H3,(H,18,21)(H,19,22)(H,20,23). The molecule has 0 bridgehead atoms. The van der Waals surface area contributed by atoms with Crippen molar-refractivity contribution < 1.29 is 14.4 Å². The maximum absolute atomic E-state index is 12.2. The number of rotatable bonds is 4. The SMILES string of the molecule is CC(=O)Nc1cccc(NC(=O)C2CC2C(=O)NC(C)(C)C)c1. The Balaban J connectivity index is 1.91. The Morgan fingerprint density at radius 3 is 2.13 bits per heavy atom. The molecule has 0 radical (unpaired) electrons. The zero-order valence-electron chi connectivity index (χ0n) is 13.9. The third-order valence-electron chi connectivity index (χ3n) is 3.41. The first-order chi connectivity index (χ1) is 10.7. The Bertz CT molecular complexity index is 634. The van der Waals surface area contributed by atoms with E-state index in [9.17, 15) is 14.4 Å². The van der Waals surface area contributed by atoms with E-state index >= 15 is 0 Å². The number of carbonyl (C=O) groups is 3. The van der Waals surface area contributed by atoms with Crippen molar-refractivity contribution >= 4 is 29.1 Å². The highest BCUT2D eigenvalue weighted by Crippen LogP contribution is 2.40. The van der Waals surface area contributed by atoms with E-state index in [1.807, 2.05) is 20.8 Å². The van der Waals surface area contributed by atoms with Crippen LogP contribution in [0.15, 0.2) is 24.3 Å². The second-order valence-electron chi connectivity index (χ2n) is 6.94. The fraction of sp³-hybridized carbons (Fsp3) is 0.471. The molecule has 0 aromatic heterocycles. The molecule has 3 amide bonds. The van der Waals surface area contributed by atoms with Gasteiger partial charge in [-0.05, 0) is 45.4 Å². The van der Waals surface area contributed by atoms with E-state index in [2.05, 4.69) is 16.0 Å². The molecule has 1 fully saturated rings. The van der Waals surface area contributed by atoms with E-state index in [4.69, 9.17) is 0 Å². The van der Waals surface area contributed by atoms with Gasteiger partial charge in [0.15, 0.2) is 0 Å². The molecule has 2 atom stereocenters. The molecule has 6 heteroatoms. The molecule has 124 valence electrons. The third-order valence-corrected chi connectivity index (χ3v) is 3.41. The smallest absolute Gasteiger partial charge is 0.228 e. The monoisotopic (exact) mass is 317 g/mol.